The van der Waals surface area contributed by atoms with Crippen LogP contribution >= 0.6 is 11.3 Å². The molecule has 2 rings (SSSR count). The Bertz CT molecular complexity index is 594. The van der Waals surface area contributed by atoms with Crippen molar-refractivity contribution in [3.8, 4) is 5.75 Å². The molecule has 0 fully saturated rings. The first-order valence-electron chi connectivity index (χ1n) is 6.64. The molecule has 0 saturated carbocycles. The van der Waals surface area contributed by atoms with Crippen LogP contribution in [0.15, 0.2) is 35.8 Å². The second kappa shape index (κ2) is 6.24. The van der Waals surface area contributed by atoms with Crippen molar-refractivity contribution in [1.29, 1.82) is 0 Å². The molecule has 0 spiro atoms. The smallest absolute Gasteiger partial charge is 0.238 e. The maximum absolute atomic E-state index is 12.2. The average Bonchev–Trinajstić information content (AvgIpc) is 2.95. The molecule has 0 bridgehead atoms. The number of aromatic hydroxyl groups is 1. The molecule has 0 aliphatic rings. The zero-order valence-corrected chi connectivity index (χ0v) is 12.9. The molecule has 0 aliphatic heterocycles. The summed E-state index contributed by atoms with van der Waals surface area (Å²) in [7, 11) is 0. The minimum Gasteiger partial charge on any atom is -0.508 e. The van der Waals surface area contributed by atoms with Crippen molar-refractivity contribution in [3.63, 3.8) is 0 Å². The van der Waals surface area contributed by atoms with Crippen LogP contribution in [0.3, 0.4) is 0 Å². The van der Waals surface area contributed by atoms with Gasteiger partial charge in [-0.15, -0.1) is 11.3 Å². The van der Waals surface area contributed by atoms with Gasteiger partial charge in [0.1, 0.15) is 10.8 Å². The number of phenols is 1. The van der Waals surface area contributed by atoms with E-state index in [0.717, 1.165) is 10.6 Å². The van der Waals surface area contributed by atoms with Gasteiger partial charge in [-0.3, -0.25) is 4.79 Å². The van der Waals surface area contributed by atoms with Gasteiger partial charge in [-0.25, -0.2) is 4.98 Å². The number of carbonyl (C=O) groups excluding carboxylic acids is 1. The number of thiazole rings is 1. The summed E-state index contributed by atoms with van der Waals surface area (Å²) in [6.07, 6.45) is 2.13. The fourth-order valence-corrected chi connectivity index (χ4v) is 2.68. The Morgan fingerprint density at radius 1 is 1.43 bits per heavy atom. The maximum Gasteiger partial charge on any atom is 0.238 e. The van der Waals surface area contributed by atoms with E-state index in [2.05, 4.69) is 10.3 Å². The van der Waals surface area contributed by atoms with Crippen molar-refractivity contribution in [1.82, 2.24) is 10.3 Å². The Morgan fingerprint density at radius 2 is 2.10 bits per heavy atom. The van der Waals surface area contributed by atoms with Crippen LogP contribution in [0.2, 0.25) is 0 Å². The zero-order valence-electron chi connectivity index (χ0n) is 12.0. The van der Waals surface area contributed by atoms with Crippen molar-refractivity contribution >= 4 is 17.2 Å². The number of nitrogens with zero attached hydrogens (tertiary/aromatic N) is 1. The largest absolute Gasteiger partial charge is 0.508 e. The average molecular weight is 305 g/mol. The molecule has 1 heterocycles. The quantitative estimate of drug-likeness (QED) is 0.785. The molecule has 6 heteroatoms. The number of amides is 1. The predicted octanol–water partition coefficient (Wildman–Crippen LogP) is 1.77. The summed E-state index contributed by atoms with van der Waals surface area (Å²) in [6, 6.07) is 6.04. The molecule has 4 N–H and O–H groups in total. The highest BCUT2D eigenvalue weighted by molar-refractivity contribution is 7.09. The van der Waals surface area contributed by atoms with Crippen LogP contribution in [0.1, 0.15) is 24.4 Å². The van der Waals surface area contributed by atoms with Gasteiger partial charge in [-0.2, -0.15) is 0 Å². The molecular formula is C15H19N3O2S. The van der Waals surface area contributed by atoms with Gasteiger partial charge in [0.15, 0.2) is 0 Å². The Labute approximate surface area is 127 Å². The fraction of sp³-hybridized carbons (Fsp3) is 0.333. The van der Waals surface area contributed by atoms with E-state index in [-0.39, 0.29) is 11.7 Å². The Balaban J connectivity index is 1.98. The molecule has 21 heavy (non-hydrogen) atoms. The number of hydrogen-bond acceptors (Lipinski definition) is 5. The van der Waals surface area contributed by atoms with Gasteiger partial charge in [0.2, 0.25) is 5.91 Å². The molecule has 1 aromatic carbocycles. The number of rotatable bonds is 5. The lowest BCUT2D eigenvalue weighted by molar-refractivity contribution is -0.124. The molecular weight excluding hydrogens is 286 g/mol. The third kappa shape index (κ3) is 4.03. The zero-order chi connectivity index (χ0) is 15.5. The van der Waals surface area contributed by atoms with Gasteiger partial charge < -0.3 is 16.2 Å². The highest BCUT2D eigenvalue weighted by Crippen LogP contribution is 2.22. The van der Waals surface area contributed by atoms with Gasteiger partial charge in [0, 0.05) is 11.6 Å². The van der Waals surface area contributed by atoms with E-state index >= 15 is 0 Å². The fourth-order valence-electron chi connectivity index (χ4n) is 1.96. The first kappa shape index (κ1) is 15.5. The summed E-state index contributed by atoms with van der Waals surface area (Å²) in [6.45, 7) is 3.80. The number of benzene rings is 1. The van der Waals surface area contributed by atoms with Crippen LogP contribution in [-0.2, 0) is 16.8 Å². The third-order valence-electron chi connectivity index (χ3n) is 3.13. The highest BCUT2D eigenvalue weighted by Gasteiger charge is 2.27. The SMILES string of the molecule is CC(C)(NC(=O)[C@H](N)Cc1ccc(O)cc1)c1nccs1. The topological polar surface area (TPSA) is 88.2 Å². The first-order chi connectivity index (χ1) is 9.88. The minimum absolute atomic E-state index is 0.196. The van der Waals surface area contributed by atoms with E-state index in [9.17, 15) is 9.90 Å². The van der Waals surface area contributed by atoms with E-state index in [4.69, 9.17) is 5.73 Å². The molecule has 1 amide bonds. The second-order valence-electron chi connectivity index (χ2n) is 5.43. The Kier molecular flexibility index (Phi) is 4.59. The molecule has 1 aromatic heterocycles. The molecule has 112 valence electrons. The summed E-state index contributed by atoms with van der Waals surface area (Å²) in [5.41, 5.74) is 6.32. The van der Waals surface area contributed by atoms with Crippen molar-refractivity contribution < 1.29 is 9.90 Å². The predicted molar refractivity (Wildman–Crippen MR) is 83.1 cm³/mol. The van der Waals surface area contributed by atoms with Crippen LogP contribution in [0.5, 0.6) is 5.75 Å². The Hall–Kier alpha value is -1.92. The lowest BCUT2D eigenvalue weighted by atomic mass is 10.0. The molecule has 0 unspecified atom stereocenters. The van der Waals surface area contributed by atoms with Crippen molar-refractivity contribution in [2.45, 2.75) is 31.8 Å². The summed E-state index contributed by atoms with van der Waals surface area (Å²) < 4.78 is 0. The monoisotopic (exact) mass is 305 g/mol. The van der Waals surface area contributed by atoms with Crippen molar-refractivity contribution in [2.75, 3.05) is 0 Å². The van der Waals surface area contributed by atoms with E-state index < -0.39 is 11.6 Å². The number of phenolic OH excluding ortho intramolecular Hbond substituents is 1. The first-order valence-corrected chi connectivity index (χ1v) is 7.52. The van der Waals surface area contributed by atoms with Gasteiger partial charge in [0.05, 0.1) is 11.6 Å². The highest BCUT2D eigenvalue weighted by atomic mass is 32.1. The minimum atomic E-state index is -0.645. The lowest BCUT2D eigenvalue weighted by Crippen LogP contribution is -2.49. The standard InChI is InChI=1S/C15H19N3O2S/c1-15(2,14-17-7-8-21-14)18-13(20)12(16)9-10-3-5-11(19)6-4-10/h3-8,12,19H,9,16H2,1-2H3,(H,18,20)/t12-/m1/s1. The third-order valence-corrected chi connectivity index (χ3v) is 4.23. The van der Waals surface area contributed by atoms with Crippen LogP contribution in [0, 0.1) is 0 Å². The van der Waals surface area contributed by atoms with Crippen LogP contribution in [0.4, 0.5) is 0 Å². The summed E-state index contributed by atoms with van der Waals surface area (Å²) in [5.74, 6) is -0.0232. The molecule has 0 radical (unpaired) electrons. The Morgan fingerprint density at radius 3 is 2.67 bits per heavy atom. The van der Waals surface area contributed by atoms with E-state index in [0.29, 0.717) is 6.42 Å². The molecule has 0 aliphatic carbocycles. The number of carbonyl (C=O) groups is 1. The number of nitrogens with two attached hydrogens (primary N) is 1. The summed E-state index contributed by atoms with van der Waals surface area (Å²) in [4.78, 5) is 16.4. The van der Waals surface area contributed by atoms with E-state index in [1.54, 1.807) is 30.5 Å². The maximum atomic E-state index is 12.2. The summed E-state index contributed by atoms with van der Waals surface area (Å²) >= 11 is 1.49. The summed E-state index contributed by atoms with van der Waals surface area (Å²) in [5, 5.41) is 14.9. The van der Waals surface area contributed by atoms with E-state index in [1.165, 1.54) is 11.3 Å². The number of hydrogen-bond donors (Lipinski definition) is 3. The van der Waals surface area contributed by atoms with Gasteiger partial charge in [-0.05, 0) is 38.0 Å². The van der Waals surface area contributed by atoms with Crippen molar-refractivity contribution in [3.05, 3.63) is 46.4 Å². The van der Waals surface area contributed by atoms with E-state index in [1.807, 2.05) is 19.2 Å². The molecule has 1 atom stereocenters. The van der Waals surface area contributed by atoms with Gasteiger partial charge in [-0.1, -0.05) is 12.1 Å². The van der Waals surface area contributed by atoms with Crippen LogP contribution in [0.25, 0.3) is 0 Å². The lowest BCUT2D eigenvalue weighted by Gasteiger charge is -2.25. The normalized spacial score (nSPS) is 12.9. The molecule has 5 nitrogen and oxygen atoms in total. The second-order valence-corrected chi connectivity index (χ2v) is 6.32. The number of nitrogens with one attached hydrogen (secondary N) is 1. The van der Waals surface area contributed by atoms with Gasteiger partial charge >= 0.3 is 0 Å². The molecule has 0 saturated heterocycles. The van der Waals surface area contributed by atoms with Crippen LogP contribution in [-0.4, -0.2) is 22.0 Å². The van der Waals surface area contributed by atoms with Gasteiger partial charge in [0.25, 0.3) is 0 Å². The van der Waals surface area contributed by atoms with Crippen molar-refractivity contribution in [2.24, 2.45) is 5.73 Å². The molecule has 2 aromatic rings. The van der Waals surface area contributed by atoms with Crippen LogP contribution < -0.4 is 11.1 Å². The number of aromatic nitrogens is 1.